The molecule has 8 nitrogen and oxygen atoms in total. The second kappa shape index (κ2) is 12.5. The summed E-state index contributed by atoms with van der Waals surface area (Å²) in [6.07, 6.45) is -1.76. The minimum Gasteiger partial charge on any atom is -0.486 e. The largest absolute Gasteiger partial charge is 0.486 e. The van der Waals surface area contributed by atoms with Crippen LogP contribution in [0.1, 0.15) is 43.5 Å². The van der Waals surface area contributed by atoms with Crippen molar-refractivity contribution in [3.8, 4) is 11.6 Å². The Labute approximate surface area is 232 Å². The van der Waals surface area contributed by atoms with Crippen LogP contribution in [0, 0.1) is 5.41 Å². The van der Waals surface area contributed by atoms with Crippen LogP contribution in [-0.4, -0.2) is 40.0 Å². The van der Waals surface area contributed by atoms with E-state index in [4.69, 9.17) is 20.6 Å². The number of hydrogen-bond acceptors (Lipinski definition) is 6. The molecular formula is C27H29BrF3N5O3. The fourth-order valence-electron chi connectivity index (χ4n) is 3.69. The third-order valence-electron chi connectivity index (χ3n) is 5.83. The van der Waals surface area contributed by atoms with Gasteiger partial charge in [0.2, 0.25) is 5.88 Å². The predicted octanol–water partition coefficient (Wildman–Crippen LogP) is 5.26. The van der Waals surface area contributed by atoms with E-state index in [9.17, 15) is 18.0 Å². The number of aromatic nitrogens is 2. The molecule has 0 saturated carbocycles. The summed E-state index contributed by atoms with van der Waals surface area (Å²) in [7, 11) is 0. The van der Waals surface area contributed by atoms with Crippen LogP contribution in [0.2, 0.25) is 0 Å². The van der Waals surface area contributed by atoms with Crippen molar-refractivity contribution in [3.05, 3.63) is 82.2 Å². The standard InChI is InChI=1S/C27H29BrF3N5O3/c1-16(36-25(37)26(2,3)39-24-9-6-18(14-35-24)27(29,30)31)21(12-17-4-7-19(28)8-5-17)22-13-20(10-11-34-22)38-15-23(32)33/h4-11,13-14,16,21H,12,15H2,1-3H3,(H3,32,33)(H,36,37). The van der Waals surface area contributed by atoms with E-state index in [1.807, 2.05) is 31.2 Å². The van der Waals surface area contributed by atoms with Crippen LogP contribution in [0.25, 0.3) is 0 Å². The maximum absolute atomic E-state index is 13.3. The van der Waals surface area contributed by atoms with Crippen LogP contribution in [-0.2, 0) is 17.4 Å². The summed E-state index contributed by atoms with van der Waals surface area (Å²) in [5.41, 5.74) is 4.70. The molecule has 2 heterocycles. The molecule has 12 heteroatoms. The minimum absolute atomic E-state index is 0.0728. The number of ether oxygens (including phenoxy) is 2. The quantitative estimate of drug-likeness (QED) is 0.202. The summed E-state index contributed by atoms with van der Waals surface area (Å²) in [5.74, 6) is -0.534. The number of pyridine rings is 2. The van der Waals surface area contributed by atoms with Gasteiger partial charge in [0, 0.05) is 46.7 Å². The predicted molar refractivity (Wildman–Crippen MR) is 144 cm³/mol. The number of rotatable bonds is 11. The summed E-state index contributed by atoms with van der Waals surface area (Å²) in [6.45, 7) is 4.77. The van der Waals surface area contributed by atoms with Gasteiger partial charge in [-0.3, -0.25) is 15.2 Å². The lowest BCUT2D eigenvalue weighted by atomic mass is 9.89. The molecule has 0 aliphatic carbocycles. The molecule has 208 valence electrons. The molecule has 2 unspecified atom stereocenters. The normalized spacial score (nSPS) is 13.3. The molecule has 0 bridgehead atoms. The maximum Gasteiger partial charge on any atom is 0.417 e. The maximum atomic E-state index is 13.3. The number of nitrogens with zero attached hydrogens (tertiary/aromatic N) is 2. The topological polar surface area (TPSA) is 123 Å². The van der Waals surface area contributed by atoms with E-state index >= 15 is 0 Å². The highest BCUT2D eigenvalue weighted by Crippen LogP contribution is 2.30. The first-order valence-corrected chi connectivity index (χ1v) is 12.7. The Morgan fingerprint density at radius 1 is 1.13 bits per heavy atom. The molecular weight excluding hydrogens is 579 g/mol. The van der Waals surface area contributed by atoms with Crippen LogP contribution < -0.4 is 20.5 Å². The van der Waals surface area contributed by atoms with Gasteiger partial charge in [-0.15, -0.1) is 0 Å². The average molecular weight is 608 g/mol. The van der Waals surface area contributed by atoms with E-state index in [0.717, 1.165) is 22.2 Å². The molecule has 0 radical (unpaired) electrons. The minimum atomic E-state index is -4.53. The Hall–Kier alpha value is -3.67. The Morgan fingerprint density at radius 2 is 1.82 bits per heavy atom. The number of hydrogen-bond donors (Lipinski definition) is 3. The summed E-state index contributed by atoms with van der Waals surface area (Å²) < 4.78 is 50.7. The van der Waals surface area contributed by atoms with Gasteiger partial charge in [-0.25, -0.2) is 4.98 Å². The zero-order valence-corrected chi connectivity index (χ0v) is 23.1. The van der Waals surface area contributed by atoms with E-state index in [-0.39, 0.29) is 24.2 Å². The van der Waals surface area contributed by atoms with E-state index in [1.165, 1.54) is 13.8 Å². The number of amidine groups is 1. The molecule has 1 aromatic carbocycles. The fraction of sp³-hybridized carbons (Fsp3) is 0.333. The molecule has 39 heavy (non-hydrogen) atoms. The molecule has 3 aromatic rings. The Kier molecular flexibility index (Phi) is 9.54. The molecule has 0 saturated heterocycles. The molecule has 2 aromatic heterocycles. The van der Waals surface area contributed by atoms with Gasteiger partial charge in [0.1, 0.15) is 18.2 Å². The molecule has 1 amide bonds. The average Bonchev–Trinajstić information content (AvgIpc) is 2.86. The van der Waals surface area contributed by atoms with E-state index in [0.29, 0.717) is 24.1 Å². The lowest BCUT2D eigenvalue weighted by Gasteiger charge is -2.30. The first-order chi connectivity index (χ1) is 18.2. The number of amides is 1. The van der Waals surface area contributed by atoms with Crippen molar-refractivity contribution in [2.45, 2.75) is 50.9 Å². The second-order valence-corrected chi connectivity index (χ2v) is 10.3. The van der Waals surface area contributed by atoms with Crippen molar-refractivity contribution in [1.29, 1.82) is 5.41 Å². The van der Waals surface area contributed by atoms with Crippen molar-refractivity contribution in [2.24, 2.45) is 5.73 Å². The first kappa shape index (κ1) is 29.9. The summed E-state index contributed by atoms with van der Waals surface area (Å²) in [5, 5.41) is 10.3. The first-order valence-electron chi connectivity index (χ1n) is 11.9. The van der Waals surface area contributed by atoms with Crippen LogP contribution >= 0.6 is 15.9 Å². The van der Waals surface area contributed by atoms with Crippen LogP contribution in [0.3, 0.4) is 0 Å². The van der Waals surface area contributed by atoms with Crippen LogP contribution in [0.15, 0.2) is 65.4 Å². The summed E-state index contributed by atoms with van der Waals surface area (Å²) in [4.78, 5) is 21.5. The lowest BCUT2D eigenvalue weighted by molar-refractivity contribution is -0.138. The molecule has 0 aliphatic rings. The van der Waals surface area contributed by atoms with Gasteiger partial charge in [-0.05, 0) is 57.0 Å². The third-order valence-corrected chi connectivity index (χ3v) is 6.36. The number of halogens is 4. The zero-order chi connectivity index (χ0) is 28.8. The number of alkyl halides is 3. The number of carbonyl (C=O) groups is 1. The Morgan fingerprint density at radius 3 is 2.41 bits per heavy atom. The zero-order valence-electron chi connectivity index (χ0n) is 21.6. The van der Waals surface area contributed by atoms with E-state index in [1.54, 1.807) is 18.3 Å². The van der Waals surface area contributed by atoms with E-state index < -0.39 is 29.3 Å². The highest BCUT2D eigenvalue weighted by molar-refractivity contribution is 9.10. The Bertz CT molecular complexity index is 1290. The van der Waals surface area contributed by atoms with Crippen LogP contribution in [0.5, 0.6) is 11.6 Å². The van der Waals surface area contributed by atoms with Gasteiger partial charge < -0.3 is 20.5 Å². The van der Waals surface area contributed by atoms with Crippen molar-refractivity contribution in [2.75, 3.05) is 6.61 Å². The fourth-order valence-corrected chi connectivity index (χ4v) is 3.96. The third kappa shape index (κ3) is 8.67. The molecule has 0 aliphatic heterocycles. The molecule has 0 spiro atoms. The second-order valence-electron chi connectivity index (χ2n) is 9.42. The van der Waals surface area contributed by atoms with Crippen molar-refractivity contribution in [1.82, 2.24) is 15.3 Å². The van der Waals surface area contributed by atoms with Gasteiger partial charge in [-0.1, -0.05) is 28.1 Å². The van der Waals surface area contributed by atoms with Crippen molar-refractivity contribution >= 4 is 27.7 Å². The van der Waals surface area contributed by atoms with E-state index in [2.05, 4.69) is 31.2 Å². The number of carbonyl (C=O) groups excluding carboxylic acids is 1. The van der Waals surface area contributed by atoms with Crippen LogP contribution in [0.4, 0.5) is 13.2 Å². The summed E-state index contributed by atoms with van der Waals surface area (Å²) >= 11 is 3.43. The molecule has 0 fully saturated rings. The number of nitrogens with two attached hydrogens (primary N) is 1. The van der Waals surface area contributed by atoms with Gasteiger partial charge >= 0.3 is 6.18 Å². The Balaban J connectivity index is 1.80. The highest BCUT2D eigenvalue weighted by atomic mass is 79.9. The summed E-state index contributed by atoms with van der Waals surface area (Å²) in [6, 6.07) is 12.6. The molecule has 3 rings (SSSR count). The van der Waals surface area contributed by atoms with Crippen molar-refractivity contribution in [3.63, 3.8) is 0 Å². The van der Waals surface area contributed by atoms with Gasteiger partial charge in [0.15, 0.2) is 5.60 Å². The van der Waals surface area contributed by atoms with Gasteiger partial charge in [0.25, 0.3) is 5.91 Å². The smallest absolute Gasteiger partial charge is 0.417 e. The number of nitrogens with one attached hydrogen (secondary N) is 2. The highest BCUT2D eigenvalue weighted by Gasteiger charge is 2.35. The van der Waals surface area contributed by atoms with Crippen molar-refractivity contribution < 1.29 is 27.4 Å². The molecule has 4 N–H and O–H groups in total. The SMILES string of the molecule is CC(NC(=O)C(C)(C)Oc1ccc(C(F)(F)F)cn1)C(Cc1ccc(Br)cc1)c1cc(OCC(=N)N)ccn1. The van der Waals surface area contributed by atoms with Gasteiger partial charge in [-0.2, -0.15) is 13.2 Å². The monoisotopic (exact) mass is 607 g/mol. The molecule has 2 atom stereocenters. The number of benzene rings is 1. The lowest BCUT2D eigenvalue weighted by Crippen LogP contribution is -2.51. The van der Waals surface area contributed by atoms with Gasteiger partial charge in [0.05, 0.1) is 5.56 Å².